The Kier molecular flexibility index (Phi) is 3.85. The van der Waals surface area contributed by atoms with Crippen molar-refractivity contribution < 1.29 is 4.74 Å². The summed E-state index contributed by atoms with van der Waals surface area (Å²) in [5.74, 6) is 1.48. The molecule has 0 fully saturated rings. The van der Waals surface area contributed by atoms with E-state index < -0.39 is 0 Å². The van der Waals surface area contributed by atoms with Gasteiger partial charge in [0, 0.05) is 3.57 Å². The standard InChI is InChI=1S/C10H12IO/c1-8(2)7-12-10-5-3-4-9(11)6-10/h4-6,8H,7H2,1-2H3. The number of ether oxygens (including phenoxy) is 1. The highest BCUT2D eigenvalue weighted by molar-refractivity contribution is 14.1. The second-order valence-corrected chi connectivity index (χ2v) is 4.34. The molecule has 0 saturated carbocycles. The number of halogens is 1. The molecular weight excluding hydrogens is 263 g/mol. The maximum Gasteiger partial charge on any atom is 0.120 e. The normalized spacial score (nSPS) is 10.3. The fraction of sp³-hybridized carbons (Fsp3) is 0.400. The molecule has 0 amide bonds. The van der Waals surface area contributed by atoms with Gasteiger partial charge in [0.05, 0.1) is 6.61 Å². The lowest BCUT2D eigenvalue weighted by Crippen LogP contribution is -2.04. The van der Waals surface area contributed by atoms with Crippen molar-refractivity contribution in [2.75, 3.05) is 6.61 Å². The smallest absolute Gasteiger partial charge is 0.120 e. The molecule has 0 bridgehead atoms. The molecule has 2 heteroatoms. The minimum atomic E-state index is 0.572. The lowest BCUT2D eigenvalue weighted by atomic mass is 10.2. The Labute approximate surface area is 87.3 Å². The molecule has 0 aliphatic carbocycles. The molecule has 65 valence electrons. The van der Waals surface area contributed by atoms with Crippen molar-refractivity contribution in [1.82, 2.24) is 0 Å². The number of hydrogen-bond donors (Lipinski definition) is 0. The van der Waals surface area contributed by atoms with Crippen molar-refractivity contribution in [3.63, 3.8) is 0 Å². The van der Waals surface area contributed by atoms with Crippen LogP contribution in [0.25, 0.3) is 0 Å². The topological polar surface area (TPSA) is 9.23 Å². The van der Waals surface area contributed by atoms with Crippen molar-refractivity contribution >= 4 is 22.6 Å². The Morgan fingerprint density at radius 1 is 1.50 bits per heavy atom. The van der Waals surface area contributed by atoms with Gasteiger partial charge in [-0.1, -0.05) is 13.8 Å². The first-order valence-corrected chi connectivity index (χ1v) is 5.06. The fourth-order valence-corrected chi connectivity index (χ4v) is 1.26. The third-order valence-electron chi connectivity index (χ3n) is 1.31. The van der Waals surface area contributed by atoms with E-state index in [2.05, 4.69) is 42.5 Å². The number of benzene rings is 1. The second kappa shape index (κ2) is 4.70. The summed E-state index contributed by atoms with van der Waals surface area (Å²) in [6, 6.07) is 8.83. The van der Waals surface area contributed by atoms with Crippen LogP contribution in [0.2, 0.25) is 0 Å². The van der Waals surface area contributed by atoms with E-state index >= 15 is 0 Å². The molecule has 0 spiro atoms. The van der Waals surface area contributed by atoms with Gasteiger partial charge >= 0.3 is 0 Å². The van der Waals surface area contributed by atoms with Crippen molar-refractivity contribution in [2.45, 2.75) is 13.8 Å². The van der Waals surface area contributed by atoms with Gasteiger partial charge in [-0.2, -0.15) is 0 Å². The maximum absolute atomic E-state index is 5.51. The molecule has 0 N–H and O–H groups in total. The predicted octanol–water partition coefficient (Wildman–Crippen LogP) is 3.13. The molecule has 1 rings (SSSR count). The van der Waals surface area contributed by atoms with Crippen LogP contribution in [0.1, 0.15) is 13.8 Å². The van der Waals surface area contributed by atoms with Gasteiger partial charge in [0.25, 0.3) is 0 Å². The highest BCUT2D eigenvalue weighted by atomic mass is 127. The lowest BCUT2D eigenvalue weighted by Gasteiger charge is -2.07. The van der Waals surface area contributed by atoms with Gasteiger partial charge in [0.2, 0.25) is 0 Å². The first-order chi connectivity index (χ1) is 5.68. The summed E-state index contributed by atoms with van der Waals surface area (Å²) in [7, 11) is 0. The van der Waals surface area contributed by atoms with E-state index in [-0.39, 0.29) is 0 Å². The molecule has 0 unspecified atom stereocenters. The minimum Gasteiger partial charge on any atom is -0.493 e. The first-order valence-electron chi connectivity index (χ1n) is 3.98. The van der Waals surface area contributed by atoms with Gasteiger partial charge in [0.1, 0.15) is 5.75 Å². The molecule has 0 heterocycles. The highest BCUT2D eigenvalue weighted by Gasteiger charge is 1.96. The highest BCUT2D eigenvalue weighted by Crippen LogP contribution is 2.14. The van der Waals surface area contributed by atoms with Gasteiger partial charge in [0.15, 0.2) is 0 Å². The van der Waals surface area contributed by atoms with Gasteiger partial charge in [-0.15, -0.1) is 0 Å². The Morgan fingerprint density at radius 3 is 2.83 bits per heavy atom. The molecule has 1 nitrogen and oxygen atoms in total. The molecule has 0 atom stereocenters. The van der Waals surface area contributed by atoms with Crippen LogP contribution in [0, 0.1) is 15.6 Å². The summed E-state index contributed by atoms with van der Waals surface area (Å²) >= 11 is 2.25. The minimum absolute atomic E-state index is 0.572. The molecule has 1 aromatic carbocycles. The summed E-state index contributed by atoms with van der Waals surface area (Å²) < 4.78 is 6.67. The molecule has 0 aromatic heterocycles. The average Bonchev–Trinajstić information content (AvgIpc) is 2.01. The van der Waals surface area contributed by atoms with Gasteiger partial charge < -0.3 is 4.74 Å². The molecule has 0 saturated heterocycles. The third-order valence-corrected chi connectivity index (χ3v) is 1.93. The van der Waals surface area contributed by atoms with E-state index in [4.69, 9.17) is 4.74 Å². The lowest BCUT2D eigenvalue weighted by molar-refractivity contribution is 0.271. The fourth-order valence-electron chi connectivity index (χ4n) is 0.769. The van der Waals surface area contributed by atoms with Gasteiger partial charge in [-0.3, -0.25) is 0 Å². The number of rotatable bonds is 3. The van der Waals surface area contributed by atoms with E-state index in [0.29, 0.717) is 5.92 Å². The first kappa shape index (κ1) is 9.84. The van der Waals surface area contributed by atoms with E-state index in [1.807, 2.05) is 18.2 Å². The van der Waals surface area contributed by atoms with Crippen LogP contribution in [-0.4, -0.2) is 6.61 Å². The molecular formula is C10H12IO. The van der Waals surface area contributed by atoms with Crippen molar-refractivity contribution in [3.05, 3.63) is 27.8 Å². The monoisotopic (exact) mass is 275 g/mol. The Balaban J connectivity index is 2.52. The van der Waals surface area contributed by atoms with E-state index in [1.165, 1.54) is 0 Å². The number of hydrogen-bond acceptors (Lipinski definition) is 1. The molecule has 1 aromatic rings. The third kappa shape index (κ3) is 3.43. The molecule has 12 heavy (non-hydrogen) atoms. The van der Waals surface area contributed by atoms with E-state index in [0.717, 1.165) is 15.9 Å². The SMILES string of the molecule is CC(C)COc1c[c]cc(I)c1. The predicted molar refractivity (Wildman–Crippen MR) is 58.3 cm³/mol. The van der Waals surface area contributed by atoms with E-state index in [9.17, 15) is 0 Å². The Morgan fingerprint density at radius 2 is 2.25 bits per heavy atom. The maximum atomic E-state index is 5.51. The molecule has 0 aliphatic heterocycles. The van der Waals surface area contributed by atoms with E-state index in [1.54, 1.807) is 0 Å². The summed E-state index contributed by atoms with van der Waals surface area (Å²) in [5, 5.41) is 0. The van der Waals surface area contributed by atoms with Gasteiger partial charge in [-0.25, -0.2) is 0 Å². The van der Waals surface area contributed by atoms with Crippen molar-refractivity contribution in [3.8, 4) is 5.75 Å². The average molecular weight is 275 g/mol. The zero-order valence-electron chi connectivity index (χ0n) is 7.30. The van der Waals surface area contributed by atoms with Crippen molar-refractivity contribution in [2.24, 2.45) is 5.92 Å². The van der Waals surface area contributed by atoms with Crippen molar-refractivity contribution in [1.29, 1.82) is 0 Å². The largest absolute Gasteiger partial charge is 0.493 e. The summed E-state index contributed by atoms with van der Waals surface area (Å²) in [4.78, 5) is 0. The van der Waals surface area contributed by atoms with Crippen LogP contribution in [0.15, 0.2) is 18.2 Å². The van der Waals surface area contributed by atoms with Crippen LogP contribution < -0.4 is 4.74 Å². The quantitative estimate of drug-likeness (QED) is 0.770. The Bertz CT molecular complexity index is 245. The summed E-state index contributed by atoms with van der Waals surface area (Å²) in [5.41, 5.74) is 0. The van der Waals surface area contributed by atoms with Crippen LogP contribution in [-0.2, 0) is 0 Å². The zero-order chi connectivity index (χ0) is 8.97. The summed E-state index contributed by atoms with van der Waals surface area (Å²) in [6.07, 6.45) is 0. The summed E-state index contributed by atoms with van der Waals surface area (Å²) in [6.45, 7) is 5.04. The molecule has 1 radical (unpaired) electrons. The van der Waals surface area contributed by atoms with Gasteiger partial charge in [-0.05, 0) is 52.8 Å². The van der Waals surface area contributed by atoms with Crippen LogP contribution >= 0.6 is 22.6 Å². The Hall–Kier alpha value is -0.250. The van der Waals surface area contributed by atoms with Crippen LogP contribution in [0.4, 0.5) is 0 Å². The molecule has 0 aliphatic rings. The zero-order valence-corrected chi connectivity index (χ0v) is 9.46. The van der Waals surface area contributed by atoms with Crippen LogP contribution in [0.3, 0.4) is 0 Å². The van der Waals surface area contributed by atoms with Crippen LogP contribution in [0.5, 0.6) is 5.75 Å². The second-order valence-electron chi connectivity index (χ2n) is 3.09.